The average molecular weight is 303 g/mol. The normalized spacial score (nSPS) is 19.5. The predicted octanol–water partition coefficient (Wildman–Crippen LogP) is 2.12. The van der Waals surface area contributed by atoms with Gasteiger partial charge in [0, 0.05) is 12.2 Å². The van der Waals surface area contributed by atoms with Crippen molar-refractivity contribution in [1.29, 1.82) is 0 Å². The Labute approximate surface area is 117 Å². The van der Waals surface area contributed by atoms with Gasteiger partial charge in [0.05, 0.1) is 16.9 Å². The summed E-state index contributed by atoms with van der Waals surface area (Å²) in [5.41, 5.74) is 0.250. The number of carbonyl (C=O) groups excluding carboxylic acids is 1. The largest absolute Gasteiger partial charge is 0.377 e. The zero-order valence-electron chi connectivity index (χ0n) is 10.3. The Bertz CT molecular complexity index is 562. The molecule has 104 valence electrons. The van der Waals surface area contributed by atoms with Crippen LogP contribution in [0.2, 0.25) is 5.02 Å². The third kappa shape index (κ3) is 4.03. The fourth-order valence-electron chi connectivity index (χ4n) is 2.08. The van der Waals surface area contributed by atoms with Gasteiger partial charge in [-0.05, 0) is 25.0 Å². The second kappa shape index (κ2) is 6.03. The van der Waals surface area contributed by atoms with Gasteiger partial charge in [-0.3, -0.25) is 4.79 Å². The van der Waals surface area contributed by atoms with Crippen molar-refractivity contribution in [3.05, 3.63) is 34.9 Å². The van der Waals surface area contributed by atoms with Crippen molar-refractivity contribution in [2.45, 2.75) is 18.9 Å². The van der Waals surface area contributed by atoms with Gasteiger partial charge in [0.25, 0.3) is 0 Å². The Balaban J connectivity index is 2.03. The molecule has 1 atom stereocenters. The summed E-state index contributed by atoms with van der Waals surface area (Å²) in [5.74, 6) is -1.08. The molecule has 1 aromatic carbocycles. The minimum atomic E-state index is -3.46. The number of Topliss-reactive ketones (excluding diaryl/α,β-unsaturated/α-hetero) is 1. The van der Waals surface area contributed by atoms with Crippen molar-refractivity contribution in [2.75, 3.05) is 18.1 Å². The number of hydrogen-bond donors (Lipinski definition) is 0. The molecule has 1 aliphatic heterocycles. The van der Waals surface area contributed by atoms with E-state index in [4.69, 9.17) is 16.3 Å². The van der Waals surface area contributed by atoms with Crippen LogP contribution < -0.4 is 0 Å². The number of carbonyl (C=O) groups is 1. The quantitative estimate of drug-likeness (QED) is 0.782. The van der Waals surface area contributed by atoms with Gasteiger partial charge in [0.15, 0.2) is 15.6 Å². The van der Waals surface area contributed by atoms with Gasteiger partial charge in [-0.25, -0.2) is 8.42 Å². The van der Waals surface area contributed by atoms with Gasteiger partial charge in [-0.15, -0.1) is 0 Å². The smallest absolute Gasteiger partial charge is 0.179 e. The maximum Gasteiger partial charge on any atom is 0.179 e. The van der Waals surface area contributed by atoms with Crippen molar-refractivity contribution >= 4 is 27.2 Å². The third-order valence-corrected chi connectivity index (χ3v) is 4.90. The van der Waals surface area contributed by atoms with Crippen molar-refractivity contribution in [3.63, 3.8) is 0 Å². The first-order valence-corrected chi connectivity index (χ1v) is 8.27. The van der Waals surface area contributed by atoms with E-state index in [1.54, 1.807) is 18.2 Å². The summed E-state index contributed by atoms with van der Waals surface area (Å²) >= 11 is 5.88. The van der Waals surface area contributed by atoms with E-state index in [9.17, 15) is 13.2 Å². The molecule has 4 nitrogen and oxygen atoms in total. The molecule has 1 unspecified atom stereocenters. The minimum absolute atomic E-state index is 0.0941. The second-order valence-corrected chi connectivity index (χ2v) is 7.11. The molecule has 2 rings (SSSR count). The highest BCUT2D eigenvalue weighted by atomic mass is 35.5. The monoisotopic (exact) mass is 302 g/mol. The van der Waals surface area contributed by atoms with Crippen LogP contribution in [0.4, 0.5) is 0 Å². The number of hydrogen-bond acceptors (Lipinski definition) is 4. The molecule has 0 radical (unpaired) electrons. The first kappa shape index (κ1) is 14.5. The minimum Gasteiger partial charge on any atom is -0.377 e. The van der Waals surface area contributed by atoms with E-state index >= 15 is 0 Å². The molecule has 19 heavy (non-hydrogen) atoms. The first-order valence-electron chi connectivity index (χ1n) is 6.08. The number of sulfone groups is 1. The van der Waals surface area contributed by atoms with Crippen LogP contribution in [-0.4, -0.2) is 38.4 Å². The van der Waals surface area contributed by atoms with E-state index in [0.29, 0.717) is 6.61 Å². The lowest BCUT2D eigenvalue weighted by atomic mass is 10.1. The molecule has 1 aromatic rings. The van der Waals surface area contributed by atoms with Crippen LogP contribution in [0, 0.1) is 0 Å². The van der Waals surface area contributed by atoms with Crippen LogP contribution in [0.5, 0.6) is 0 Å². The second-order valence-electron chi connectivity index (χ2n) is 4.59. The van der Waals surface area contributed by atoms with E-state index < -0.39 is 21.4 Å². The Morgan fingerprint density at radius 2 is 2.11 bits per heavy atom. The van der Waals surface area contributed by atoms with Gasteiger partial charge in [-0.1, -0.05) is 23.7 Å². The predicted molar refractivity (Wildman–Crippen MR) is 73.4 cm³/mol. The van der Waals surface area contributed by atoms with Crippen LogP contribution in [-0.2, 0) is 14.6 Å². The topological polar surface area (TPSA) is 60.4 Å². The Kier molecular flexibility index (Phi) is 4.60. The average Bonchev–Trinajstić information content (AvgIpc) is 2.80. The van der Waals surface area contributed by atoms with Crippen LogP contribution in [0.25, 0.3) is 0 Å². The zero-order valence-corrected chi connectivity index (χ0v) is 11.9. The van der Waals surface area contributed by atoms with Gasteiger partial charge < -0.3 is 4.74 Å². The summed E-state index contributed by atoms with van der Waals surface area (Å²) in [6, 6.07) is 6.46. The highest BCUT2D eigenvalue weighted by molar-refractivity contribution is 7.92. The summed E-state index contributed by atoms with van der Waals surface area (Å²) in [6.07, 6.45) is 1.34. The molecule has 1 heterocycles. The van der Waals surface area contributed by atoms with Crippen LogP contribution in [0.3, 0.4) is 0 Å². The molecule has 6 heteroatoms. The molecule has 0 aliphatic carbocycles. The summed E-state index contributed by atoms with van der Waals surface area (Å²) in [7, 11) is -3.46. The van der Waals surface area contributed by atoms with E-state index in [0.717, 1.165) is 12.8 Å². The number of ether oxygens (including phenoxy) is 1. The molecule has 0 aromatic heterocycles. The van der Waals surface area contributed by atoms with Crippen molar-refractivity contribution < 1.29 is 17.9 Å². The van der Waals surface area contributed by atoms with Crippen LogP contribution in [0.1, 0.15) is 23.2 Å². The van der Waals surface area contributed by atoms with E-state index in [-0.39, 0.29) is 22.4 Å². The lowest BCUT2D eigenvalue weighted by Gasteiger charge is -2.10. The van der Waals surface area contributed by atoms with Gasteiger partial charge >= 0.3 is 0 Å². The molecule has 0 N–H and O–H groups in total. The van der Waals surface area contributed by atoms with Crippen molar-refractivity contribution in [2.24, 2.45) is 0 Å². The van der Waals surface area contributed by atoms with Crippen molar-refractivity contribution in [1.82, 2.24) is 0 Å². The Morgan fingerprint density at radius 1 is 1.37 bits per heavy atom. The molecule has 0 spiro atoms. The highest BCUT2D eigenvalue weighted by Gasteiger charge is 2.26. The standard InChI is InChI=1S/C13H15ClO4S/c14-12-6-2-1-5-11(12)13(15)9-19(16,17)8-10-4-3-7-18-10/h1-2,5-6,10H,3-4,7-9H2. The third-order valence-electron chi connectivity index (χ3n) is 2.99. The lowest BCUT2D eigenvalue weighted by molar-refractivity contribution is 0.102. The molecular formula is C13H15ClO4S. The summed E-state index contributed by atoms with van der Waals surface area (Å²) in [6.45, 7) is 0.596. The SMILES string of the molecule is O=C(CS(=O)(=O)CC1CCCO1)c1ccccc1Cl. The Hall–Kier alpha value is -0.910. The fourth-order valence-corrected chi connectivity index (χ4v) is 3.83. The van der Waals surface area contributed by atoms with E-state index in [2.05, 4.69) is 0 Å². The molecule has 0 saturated carbocycles. The van der Waals surface area contributed by atoms with Crippen LogP contribution in [0.15, 0.2) is 24.3 Å². The highest BCUT2D eigenvalue weighted by Crippen LogP contribution is 2.18. The van der Waals surface area contributed by atoms with E-state index in [1.165, 1.54) is 6.07 Å². The number of halogens is 1. The summed E-state index contributed by atoms with van der Waals surface area (Å²) in [5, 5.41) is 0.278. The molecule has 0 amide bonds. The molecule has 0 bridgehead atoms. The lowest BCUT2D eigenvalue weighted by Crippen LogP contribution is -2.26. The summed E-state index contributed by atoms with van der Waals surface area (Å²) < 4.78 is 29.2. The van der Waals surface area contributed by atoms with Crippen molar-refractivity contribution in [3.8, 4) is 0 Å². The summed E-state index contributed by atoms with van der Waals surface area (Å²) in [4.78, 5) is 12.0. The number of benzene rings is 1. The van der Waals surface area contributed by atoms with Crippen LogP contribution >= 0.6 is 11.6 Å². The molecular weight excluding hydrogens is 288 g/mol. The molecule has 1 saturated heterocycles. The first-order chi connectivity index (χ1) is 8.98. The zero-order chi connectivity index (χ0) is 13.9. The molecule has 1 aliphatic rings. The molecule has 1 fully saturated rings. The van der Waals surface area contributed by atoms with Gasteiger partial charge in [0.1, 0.15) is 5.75 Å². The van der Waals surface area contributed by atoms with E-state index in [1.807, 2.05) is 0 Å². The van der Waals surface area contributed by atoms with Gasteiger partial charge in [-0.2, -0.15) is 0 Å². The maximum absolute atomic E-state index is 12.0. The Morgan fingerprint density at radius 3 is 2.74 bits per heavy atom. The van der Waals surface area contributed by atoms with Gasteiger partial charge in [0.2, 0.25) is 0 Å². The maximum atomic E-state index is 12.0. The number of rotatable bonds is 5. The number of ketones is 1. The fraction of sp³-hybridized carbons (Fsp3) is 0.462.